The van der Waals surface area contributed by atoms with Gasteiger partial charge in [0.25, 0.3) is 9.70 Å². The number of nitrogens with one attached hydrogen (secondary N) is 1. The lowest BCUT2D eigenvalue weighted by Gasteiger charge is -2.14. The van der Waals surface area contributed by atoms with E-state index in [1.807, 2.05) is 19.1 Å². The molecule has 2 amide bonds. The predicted octanol–water partition coefficient (Wildman–Crippen LogP) is 3.43. The van der Waals surface area contributed by atoms with E-state index in [1.165, 1.54) is 6.92 Å². The number of imide groups is 1. The lowest BCUT2D eigenvalue weighted by atomic mass is 10.2. The Kier molecular flexibility index (Phi) is 6.29. The number of nitrogens with zero attached hydrogens (tertiary/aromatic N) is 1. The van der Waals surface area contributed by atoms with Crippen LogP contribution in [0.3, 0.4) is 0 Å². The first-order valence-corrected chi connectivity index (χ1v) is 9.07. The molecule has 1 aliphatic heterocycles. The summed E-state index contributed by atoms with van der Waals surface area (Å²) in [6.07, 6.45) is -3.25. The predicted molar refractivity (Wildman–Crippen MR) is 96.0 cm³/mol. The van der Waals surface area contributed by atoms with Crippen molar-refractivity contribution in [1.82, 2.24) is 5.32 Å². The number of benzene rings is 1. The van der Waals surface area contributed by atoms with Crippen molar-refractivity contribution in [2.45, 2.75) is 39.8 Å². The van der Waals surface area contributed by atoms with Gasteiger partial charge in [0.2, 0.25) is 6.10 Å². The number of rotatable bonds is 5. The Labute approximate surface area is 167 Å². The molecule has 8 nitrogen and oxygen atoms in total. The molecule has 1 fully saturated rings. The number of carbonyl (C=O) groups is 2. The van der Waals surface area contributed by atoms with Gasteiger partial charge in [0, 0.05) is 4.90 Å². The highest BCUT2D eigenvalue weighted by Crippen LogP contribution is 2.52. The Balaban J connectivity index is 2.00. The number of thioether (sulfide) groups is 1. The van der Waals surface area contributed by atoms with Crippen LogP contribution >= 0.6 is 46.6 Å². The highest BCUT2D eigenvalue weighted by molar-refractivity contribution is 8.00. The van der Waals surface area contributed by atoms with Crippen LogP contribution in [0.25, 0.3) is 0 Å². The zero-order valence-electron chi connectivity index (χ0n) is 13.4. The smallest absolute Gasteiger partial charge is 0.414 e. The first-order valence-electron chi connectivity index (χ1n) is 7.12. The second kappa shape index (κ2) is 7.77. The normalized spacial score (nSPS) is 23.0. The maximum Gasteiger partial charge on any atom is 0.414 e. The van der Waals surface area contributed by atoms with Crippen molar-refractivity contribution in [3.05, 3.63) is 39.9 Å². The van der Waals surface area contributed by atoms with E-state index in [4.69, 9.17) is 44.3 Å². The number of aryl methyl sites for hydroxylation is 1. The van der Waals surface area contributed by atoms with Crippen molar-refractivity contribution in [2.24, 2.45) is 0 Å². The van der Waals surface area contributed by atoms with Crippen LogP contribution in [0.4, 0.5) is 4.79 Å². The quantitative estimate of drug-likeness (QED) is 0.244. The number of nitro groups is 1. The third-order valence-corrected chi connectivity index (χ3v) is 5.12. The summed E-state index contributed by atoms with van der Waals surface area (Å²) < 4.78 is 7.80. The number of amides is 2. The zero-order valence-corrected chi connectivity index (χ0v) is 16.5. The van der Waals surface area contributed by atoms with Crippen molar-refractivity contribution >= 4 is 58.6 Å². The van der Waals surface area contributed by atoms with E-state index < -0.39 is 38.0 Å². The fourth-order valence-corrected chi connectivity index (χ4v) is 3.29. The summed E-state index contributed by atoms with van der Waals surface area (Å²) in [6, 6.07) is 7.07. The Morgan fingerprint density at radius 2 is 1.96 bits per heavy atom. The molecule has 12 heteroatoms. The van der Waals surface area contributed by atoms with Gasteiger partial charge in [-0.05, 0) is 37.7 Å². The average molecular weight is 444 g/mol. The molecule has 1 aromatic rings. The minimum atomic E-state index is -2.34. The van der Waals surface area contributed by atoms with Gasteiger partial charge in [-0.15, -0.1) is 0 Å². The number of hydrogen-bond donors (Lipinski definition) is 1. The van der Waals surface area contributed by atoms with Crippen molar-refractivity contribution in [1.29, 1.82) is 0 Å². The van der Waals surface area contributed by atoms with Crippen LogP contribution in [0, 0.1) is 17.0 Å². The molecular formula is C14H13Cl3N2O6S. The van der Waals surface area contributed by atoms with Crippen LogP contribution in [0.15, 0.2) is 29.2 Å². The van der Waals surface area contributed by atoms with Gasteiger partial charge in [-0.3, -0.25) is 25.0 Å². The summed E-state index contributed by atoms with van der Waals surface area (Å²) >= 11 is 16.9. The Hall–Kier alpha value is -1.26. The van der Waals surface area contributed by atoms with Gasteiger partial charge in [-0.25, -0.2) is 4.79 Å². The second-order valence-corrected chi connectivity index (χ2v) is 8.95. The summed E-state index contributed by atoms with van der Waals surface area (Å²) in [4.78, 5) is 34.5. The molecule has 0 aliphatic carbocycles. The molecule has 2 rings (SSSR count). The largest absolute Gasteiger partial charge is 0.443 e. The van der Waals surface area contributed by atoms with E-state index in [1.54, 1.807) is 17.4 Å². The van der Waals surface area contributed by atoms with E-state index in [0.29, 0.717) is 4.90 Å². The zero-order chi connectivity index (χ0) is 19.7. The molecule has 0 radical (unpaired) electrons. The number of alkyl carbamates (subject to hydrolysis) is 1. The van der Waals surface area contributed by atoms with Crippen molar-refractivity contribution < 1.29 is 24.0 Å². The Morgan fingerprint density at radius 1 is 1.38 bits per heavy atom. The fourth-order valence-electron chi connectivity index (χ4n) is 2.01. The molecule has 0 unspecified atom stereocenters. The highest BCUT2D eigenvalue weighted by atomic mass is 35.6. The van der Waals surface area contributed by atoms with Crippen LogP contribution in [0.1, 0.15) is 12.5 Å². The number of alkyl halides is 3. The van der Waals surface area contributed by atoms with Gasteiger partial charge in [-0.2, -0.15) is 0 Å². The van der Waals surface area contributed by atoms with Crippen LogP contribution in [0.2, 0.25) is 0 Å². The lowest BCUT2D eigenvalue weighted by Crippen LogP contribution is -2.41. The van der Waals surface area contributed by atoms with Gasteiger partial charge in [0.15, 0.2) is 0 Å². The first kappa shape index (κ1) is 21.0. The van der Waals surface area contributed by atoms with Crippen LogP contribution in [-0.2, 0) is 14.3 Å². The molecule has 0 aromatic heterocycles. The average Bonchev–Trinajstić information content (AvgIpc) is 3.24. The molecular weight excluding hydrogens is 431 g/mol. The standard InChI is InChI=1S/C14H13Cl3N2O6S/c1-7-3-5-9(6-4-7)26-14(19(22)23)10(25-14)8(2)24-12(21)18-11(20)13(15,16)17/h3-6,8,10H,1-2H3,(H,18,20,21)/t8-,10+,14+/m0/s1. The molecule has 0 bridgehead atoms. The fraction of sp³-hybridized carbons (Fsp3) is 0.429. The molecule has 1 aromatic carbocycles. The van der Waals surface area contributed by atoms with Gasteiger partial charge < -0.3 is 4.74 Å². The summed E-state index contributed by atoms with van der Waals surface area (Å²) in [6.45, 7) is 3.28. The van der Waals surface area contributed by atoms with Crippen LogP contribution < -0.4 is 5.32 Å². The molecule has 3 atom stereocenters. The molecule has 142 valence electrons. The first-order chi connectivity index (χ1) is 12.0. The van der Waals surface area contributed by atoms with Gasteiger partial charge in [-0.1, -0.05) is 52.5 Å². The minimum absolute atomic E-state index is 0.591. The summed E-state index contributed by atoms with van der Waals surface area (Å²) in [7, 11) is 0. The number of hydrogen-bond acceptors (Lipinski definition) is 7. The van der Waals surface area contributed by atoms with Crippen molar-refractivity contribution in [2.75, 3.05) is 0 Å². The summed E-state index contributed by atoms with van der Waals surface area (Å²) in [5.74, 6) is -1.20. The number of carbonyl (C=O) groups excluding carboxylic acids is 2. The SMILES string of the molecule is Cc1ccc(S[C@]2([N+](=O)[O-])O[C@@H]2[C@H](C)OC(=O)NC(=O)C(Cl)(Cl)Cl)cc1. The highest BCUT2D eigenvalue weighted by Gasteiger charge is 2.73. The van der Waals surface area contributed by atoms with Crippen LogP contribution in [-0.4, -0.2) is 38.0 Å². The number of halogens is 3. The Bertz CT molecular complexity index is 726. The molecule has 1 aliphatic rings. The van der Waals surface area contributed by atoms with E-state index in [0.717, 1.165) is 17.3 Å². The minimum Gasteiger partial charge on any atom is -0.443 e. The molecule has 1 heterocycles. The third kappa shape index (κ3) is 4.92. The summed E-state index contributed by atoms with van der Waals surface area (Å²) in [5.41, 5.74) is 1.00. The summed E-state index contributed by atoms with van der Waals surface area (Å²) in [5, 5.41) is 11.4. The van der Waals surface area contributed by atoms with E-state index in [-0.39, 0.29) is 0 Å². The Morgan fingerprint density at radius 3 is 2.46 bits per heavy atom. The van der Waals surface area contributed by atoms with Crippen molar-refractivity contribution in [3.8, 4) is 0 Å². The molecule has 26 heavy (non-hydrogen) atoms. The molecule has 1 saturated heterocycles. The van der Waals surface area contributed by atoms with E-state index >= 15 is 0 Å². The lowest BCUT2D eigenvalue weighted by molar-refractivity contribution is -0.532. The molecule has 0 spiro atoms. The number of ether oxygens (including phenoxy) is 2. The van der Waals surface area contributed by atoms with E-state index in [2.05, 4.69) is 0 Å². The second-order valence-electron chi connectivity index (χ2n) is 5.40. The monoisotopic (exact) mass is 442 g/mol. The van der Waals surface area contributed by atoms with Gasteiger partial charge in [0.05, 0.1) is 4.92 Å². The van der Waals surface area contributed by atoms with E-state index in [9.17, 15) is 19.7 Å². The van der Waals surface area contributed by atoms with Gasteiger partial charge in [0.1, 0.15) is 6.10 Å². The van der Waals surface area contributed by atoms with Crippen LogP contribution in [0.5, 0.6) is 0 Å². The third-order valence-electron chi connectivity index (χ3n) is 3.33. The topological polar surface area (TPSA) is 111 Å². The molecule has 1 N–H and O–H groups in total. The maximum absolute atomic E-state index is 11.7. The number of epoxide rings is 1. The van der Waals surface area contributed by atoms with Gasteiger partial charge >= 0.3 is 11.2 Å². The molecule has 0 saturated carbocycles. The maximum atomic E-state index is 11.7. The van der Waals surface area contributed by atoms with Crippen molar-refractivity contribution in [3.63, 3.8) is 0 Å².